The highest BCUT2D eigenvalue weighted by atomic mass is 16.5. The number of rotatable bonds is 6. The maximum absolute atomic E-state index is 12.0. The van der Waals surface area contributed by atoms with Crippen molar-refractivity contribution in [3.63, 3.8) is 0 Å². The van der Waals surface area contributed by atoms with E-state index >= 15 is 0 Å². The molecule has 2 rings (SSSR count). The van der Waals surface area contributed by atoms with Crippen molar-refractivity contribution >= 4 is 5.91 Å². The highest BCUT2D eigenvalue weighted by Gasteiger charge is 2.30. The van der Waals surface area contributed by atoms with Crippen molar-refractivity contribution in [1.29, 1.82) is 0 Å². The zero-order chi connectivity index (χ0) is 15.3. The zero-order valence-electron chi connectivity index (χ0n) is 13.4. The van der Waals surface area contributed by atoms with Crippen molar-refractivity contribution < 1.29 is 14.6 Å². The summed E-state index contributed by atoms with van der Waals surface area (Å²) in [5.74, 6) is 0.0344. The van der Waals surface area contributed by atoms with Crippen LogP contribution in [0, 0.1) is 0 Å². The van der Waals surface area contributed by atoms with Gasteiger partial charge in [0.1, 0.15) is 0 Å². The van der Waals surface area contributed by atoms with Gasteiger partial charge < -0.3 is 15.2 Å². The van der Waals surface area contributed by atoms with Gasteiger partial charge in [-0.15, -0.1) is 0 Å². The third-order valence-corrected chi connectivity index (χ3v) is 4.76. The molecule has 0 aromatic rings. The number of nitrogens with zero attached hydrogens (tertiary/aromatic N) is 1. The summed E-state index contributed by atoms with van der Waals surface area (Å²) in [4.78, 5) is 14.3. The molecule has 122 valence electrons. The second-order valence-electron chi connectivity index (χ2n) is 6.82. The molecular weight excluding hydrogens is 268 g/mol. The standard InChI is InChI=1S/C16H30N2O3/c1-13(2)18-9-10-21-14(12-18)11-15(19)17-8-7-16(20)5-3-4-6-16/h13-14,20H,3-12H2,1-2H3,(H,17,19). The lowest BCUT2D eigenvalue weighted by Gasteiger charge is -2.35. The van der Waals surface area contributed by atoms with Gasteiger partial charge in [0.2, 0.25) is 5.91 Å². The first kappa shape index (κ1) is 16.7. The van der Waals surface area contributed by atoms with Crippen LogP contribution in [0.25, 0.3) is 0 Å². The van der Waals surface area contributed by atoms with Crippen molar-refractivity contribution in [2.75, 3.05) is 26.2 Å². The molecule has 0 radical (unpaired) electrons. The molecule has 0 aromatic carbocycles. The summed E-state index contributed by atoms with van der Waals surface area (Å²) in [5.41, 5.74) is -0.539. The van der Waals surface area contributed by atoms with Gasteiger partial charge in [0.15, 0.2) is 0 Å². The average molecular weight is 298 g/mol. The first-order chi connectivity index (χ1) is 9.98. The van der Waals surface area contributed by atoms with E-state index in [2.05, 4.69) is 24.1 Å². The Balaban J connectivity index is 1.64. The fraction of sp³-hybridized carbons (Fsp3) is 0.938. The van der Waals surface area contributed by atoms with Crippen molar-refractivity contribution in [3.05, 3.63) is 0 Å². The molecule has 2 N–H and O–H groups in total. The molecule has 1 saturated carbocycles. The molecular formula is C16H30N2O3. The van der Waals surface area contributed by atoms with E-state index in [4.69, 9.17) is 4.74 Å². The Kier molecular flexibility index (Phi) is 6.02. The molecule has 0 aromatic heterocycles. The summed E-state index contributed by atoms with van der Waals surface area (Å²) < 4.78 is 5.68. The normalized spacial score (nSPS) is 26.2. The van der Waals surface area contributed by atoms with Crippen LogP contribution < -0.4 is 5.32 Å². The molecule has 2 fully saturated rings. The topological polar surface area (TPSA) is 61.8 Å². The van der Waals surface area contributed by atoms with Gasteiger partial charge in [0, 0.05) is 25.7 Å². The molecule has 1 amide bonds. The summed E-state index contributed by atoms with van der Waals surface area (Å²) in [6.45, 7) is 7.39. The minimum atomic E-state index is -0.539. The predicted molar refractivity (Wildman–Crippen MR) is 82.1 cm³/mol. The third-order valence-electron chi connectivity index (χ3n) is 4.76. The number of amides is 1. The van der Waals surface area contributed by atoms with E-state index in [1.54, 1.807) is 0 Å². The van der Waals surface area contributed by atoms with Crippen molar-refractivity contribution in [3.8, 4) is 0 Å². The van der Waals surface area contributed by atoms with Gasteiger partial charge in [-0.3, -0.25) is 9.69 Å². The molecule has 1 heterocycles. The van der Waals surface area contributed by atoms with E-state index in [0.717, 1.165) is 38.8 Å². The molecule has 2 aliphatic rings. The number of aliphatic hydroxyl groups is 1. The Morgan fingerprint density at radius 2 is 2.14 bits per heavy atom. The van der Waals surface area contributed by atoms with Crippen LogP contribution in [0.4, 0.5) is 0 Å². The zero-order valence-corrected chi connectivity index (χ0v) is 13.4. The van der Waals surface area contributed by atoms with Crippen LogP contribution in [0.5, 0.6) is 0 Å². The van der Waals surface area contributed by atoms with E-state index in [1.807, 2.05) is 0 Å². The second-order valence-corrected chi connectivity index (χ2v) is 6.82. The predicted octanol–water partition coefficient (Wildman–Crippen LogP) is 1.30. The fourth-order valence-electron chi connectivity index (χ4n) is 3.33. The van der Waals surface area contributed by atoms with Gasteiger partial charge in [0.25, 0.3) is 0 Å². The molecule has 1 atom stereocenters. The van der Waals surface area contributed by atoms with Crippen LogP contribution in [-0.2, 0) is 9.53 Å². The van der Waals surface area contributed by atoms with Crippen molar-refractivity contribution in [2.24, 2.45) is 0 Å². The first-order valence-corrected chi connectivity index (χ1v) is 8.33. The molecule has 21 heavy (non-hydrogen) atoms. The molecule has 0 spiro atoms. The van der Waals surface area contributed by atoms with Crippen LogP contribution in [0.1, 0.15) is 52.4 Å². The first-order valence-electron chi connectivity index (χ1n) is 8.33. The minimum absolute atomic E-state index is 0.00397. The summed E-state index contributed by atoms with van der Waals surface area (Å²) in [6, 6.07) is 0.496. The van der Waals surface area contributed by atoms with Crippen LogP contribution in [0.2, 0.25) is 0 Å². The Morgan fingerprint density at radius 3 is 2.81 bits per heavy atom. The lowest BCUT2D eigenvalue weighted by atomic mass is 9.98. The Morgan fingerprint density at radius 1 is 1.43 bits per heavy atom. The number of carbonyl (C=O) groups excluding carboxylic acids is 1. The van der Waals surface area contributed by atoms with Gasteiger partial charge in [0.05, 0.1) is 24.7 Å². The monoisotopic (exact) mass is 298 g/mol. The molecule has 5 heteroatoms. The lowest BCUT2D eigenvalue weighted by molar-refractivity contribution is -0.126. The quantitative estimate of drug-likeness (QED) is 0.776. The minimum Gasteiger partial charge on any atom is -0.390 e. The summed E-state index contributed by atoms with van der Waals surface area (Å²) in [6.07, 6.45) is 5.03. The molecule has 0 bridgehead atoms. The van der Waals surface area contributed by atoms with Gasteiger partial charge in [-0.2, -0.15) is 0 Å². The van der Waals surface area contributed by atoms with E-state index in [0.29, 0.717) is 32.0 Å². The number of hydrogen-bond acceptors (Lipinski definition) is 4. The summed E-state index contributed by atoms with van der Waals surface area (Å²) in [5, 5.41) is 13.2. The number of hydrogen-bond donors (Lipinski definition) is 2. The number of carbonyl (C=O) groups is 1. The summed E-state index contributed by atoms with van der Waals surface area (Å²) in [7, 11) is 0. The third kappa shape index (κ3) is 5.24. The lowest BCUT2D eigenvalue weighted by Crippen LogP contribution is -2.47. The van der Waals surface area contributed by atoms with Crippen LogP contribution in [-0.4, -0.2) is 59.9 Å². The van der Waals surface area contributed by atoms with E-state index in [1.165, 1.54) is 0 Å². The molecule has 5 nitrogen and oxygen atoms in total. The smallest absolute Gasteiger partial charge is 0.222 e. The second kappa shape index (κ2) is 7.56. The number of ether oxygens (including phenoxy) is 1. The average Bonchev–Trinajstić information content (AvgIpc) is 2.86. The molecule has 1 aliphatic carbocycles. The van der Waals surface area contributed by atoms with E-state index in [9.17, 15) is 9.90 Å². The van der Waals surface area contributed by atoms with Crippen molar-refractivity contribution in [2.45, 2.75) is 70.1 Å². The highest BCUT2D eigenvalue weighted by molar-refractivity contribution is 5.76. The maximum atomic E-state index is 12.0. The van der Waals surface area contributed by atoms with Gasteiger partial charge >= 0.3 is 0 Å². The maximum Gasteiger partial charge on any atom is 0.222 e. The Hall–Kier alpha value is -0.650. The SMILES string of the molecule is CC(C)N1CCOC(CC(=O)NCCC2(O)CCCC2)C1. The molecule has 1 saturated heterocycles. The Labute approximate surface area is 128 Å². The van der Waals surface area contributed by atoms with Gasteiger partial charge in [-0.25, -0.2) is 0 Å². The van der Waals surface area contributed by atoms with Crippen LogP contribution >= 0.6 is 0 Å². The number of nitrogens with one attached hydrogen (secondary N) is 1. The fourth-order valence-corrected chi connectivity index (χ4v) is 3.33. The van der Waals surface area contributed by atoms with Crippen LogP contribution in [0.15, 0.2) is 0 Å². The van der Waals surface area contributed by atoms with Gasteiger partial charge in [-0.1, -0.05) is 12.8 Å². The van der Waals surface area contributed by atoms with Crippen LogP contribution in [0.3, 0.4) is 0 Å². The highest BCUT2D eigenvalue weighted by Crippen LogP contribution is 2.31. The number of morpholine rings is 1. The van der Waals surface area contributed by atoms with Gasteiger partial charge in [-0.05, 0) is 33.1 Å². The molecule has 1 unspecified atom stereocenters. The Bertz CT molecular complexity index is 340. The summed E-state index contributed by atoms with van der Waals surface area (Å²) >= 11 is 0. The largest absolute Gasteiger partial charge is 0.390 e. The van der Waals surface area contributed by atoms with Crippen molar-refractivity contribution in [1.82, 2.24) is 10.2 Å². The molecule has 1 aliphatic heterocycles. The van der Waals surface area contributed by atoms with E-state index in [-0.39, 0.29) is 12.0 Å². The van der Waals surface area contributed by atoms with E-state index < -0.39 is 5.60 Å².